The lowest BCUT2D eigenvalue weighted by molar-refractivity contribution is -0.148. The molecule has 1 aromatic rings. The highest BCUT2D eigenvalue weighted by atomic mass is 16.6. The molecule has 0 bridgehead atoms. The molecule has 0 spiro atoms. The van der Waals surface area contributed by atoms with E-state index in [9.17, 15) is 19.2 Å². The van der Waals surface area contributed by atoms with Gasteiger partial charge >= 0.3 is 12.1 Å². The summed E-state index contributed by atoms with van der Waals surface area (Å²) < 4.78 is 10.2. The van der Waals surface area contributed by atoms with Gasteiger partial charge in [0.15, 0.2) is 0 Å². The van der Waals surface area contributed by atoms with Crippen LogP contribution in [-0.4, -0.2) is 54.4 Å². The van der Waals surface area contributed by atoms with Gasteiger partial charge in [0.1, 0.15) is 24.5 Å². The van der Waals surface area contributed by atoms with E-state index in [4.69, 9.17) is 9.47 Å². The average Bonchev–Trinajstić information content (AvgIpc) is 3.26. The standard InChI is InChI=1S/C22H28N2O6/c1-29-21(27)19(16-9-5-10-17(25)13-16)23-20(26)18-11-6-12-24(18)22(28)30-14-15-7-3-2-4-8-15/h2-4,7-8,16,18-19H,5-6,9-14H2,1H3,(H,23,26)/t16-,18+,19-/m0/s1. The second kappa shape index (κ2) is 10.2. The molecule has 2 amide bonds. The molecule has 30 heavy (non-hydrogen) atoms. The number of rotatable bonds is 6. The summed E-state index contributed by atoms with van der Waals surface area (Å²) in [6.07, 6.45) is 2.70. The maximum atomic E-state index is 12.9. The van der Waals surface area contributed by atoms with Crippen LogP contribution in [0.4, 0.5) is 4.79 Å². The van der Waals surface area contributed by atoms with E-state index in [-0.39, 0.29) is 24.7 Å². The first-order valence-electron chi connectivity index (χ1n) is 10.4. The molecule has 0 radical (unpaired) electrons. The number of ketones is 1. The maximum Gasteiger partial charge on any atom is 0.410 e. The normalized spacial score (nSPS) is 22.3. The van der Waals surface area contributed by atoms with Gasteiger partial charge in [-0.15, -0.1) is 0 Å². The smallest absolute Gasteiger partial charge is 0.410 e. The zero-order valence-corrected chi connectivity index (χ0v) is 17.2. The number of nitrogens with zero attached hydrogens (tertiary/aromatic N) is 1. The highest BCUT2D eigenvalue weighted by Crippen LogP contribution is 2.26. The van der Waals surface area contributed by atoms with Crippen molar-refractivity contribution in [3.63, 3.8) is 0 Å². The molecule has 8 nitrogen and oxygen atoms in total. The first-order chi connectivity index (χ1) is 14.5. The number of likely N-dealkylation sites (tertiary alicyclic amines) is 1. The van der Waals surface area contributed by atoms with E-state index in [0.29, 0.717) is 38.6 Å². The third-order valence-corrected chi connectivity index (χ3v) is 5.74. The van der Waals surface area contributed by atoms with Gasteiger partial charge in [0, 0.05) is 19.4 Å². The number of benzene rings is 1. The number of methoxy groups -OCH3 is 1. The van der Waals surface area contributed by atoms with Gasteiger partial charge in [-0.2, -0.15) is 0 Å². The third-order valence-electron chi connectivity index (χ3n) is 5.74. The fourth-order valence-corrected chi connectivity index (χ4v) is 4.15. The summed E-state index contributed by atoms with van der Waals surface area (Å²) in [7, 11) is 1.26. The van der Waals surface area contributed by atoms with Gasteiger partial charge in [0.25, 0.3) is 0 Å². The van der Waals surface area contributed by atoms with Crippen LogP contribution in [0.1, 0.15) is 44.1 Å². The number of carbonyl (C=O) groups is 4. The van der Waals surface area contributed by atoms with Crippen LogP contribution in [0, 0.1) is 5.92 Å². The number of amides is 2. The molecular formula is C22H28N2O6. The van der Waals surface area contributed by atoms with Crippen molar-refractivity contribution in [3.05, 3.63) is 35.9 Å². The van der Waals surface area contributed by atoms with Gasteiger partial charge in [0.2, 0.25) is 5.91 Å². The monoisotopic (exact) mass is 416 g/mol. The summed E-state index contributed by atoms with van der Waals surface area (Å²) in [6.45, 7) is 0.538. The molecule has 0 aromatic heterocycles. The number of hydrogen-bond donors (Lipinski definition) is 1. The molecule has 1 aromatic carbocycles. The Bertz CT molecular complexity index is 781. The molecule has 1 saturated carbocycles. The van der Waals surface area contributed by atoms with Gasteiger partial charge < -0.3 is 14.8 Å². The number of ether oxygens (including phenoxy) is 2. The van der Waals surface area contributed by atoms with E-state index in [0.717, 1.165) is 5.56 Å². The maximum absolute atomic E-state index is 12.9. The Hall–Kier alpha value is -2.90. The third kappa shape index (κ3) is 5.37. The molecule has 1 N–H and O–H groups in total. The van der Waals surface area contributed by atoms with Crippen LogP contribution in [0.3, 0.4) is 0 Å². The molecular weight excluding hydrogens is 388 g/mol. The zero-order valence-electron chi connectivity index (χ0n) is 17.2. The summed E-state index contributed by atoms with van der Waals surface area (Å²) in [4.78, 5) is 51.0. The Labute approximate surface area is 175 Å². The van der Waals surface area contributed by atoms with E-state index in [2.05, 4.69) is 5.32 Å². The van der Waals surface area contributed by atoms with Crippen molar-refractivity contribution in [2.45, 2.75) is 57.2 Å². The Morgan fingerprint density at radius 2 is 1.93 bits per heavy atom. The topological polar surface area (TPSA) is 102 Å². The fourth-order valence-electron chi connectivity index (χ4n) is 4.15. The molecule has 0 unspecified atom stereocenters. The van der Waals surface area contributed by atoms with Crippen molar-refractivity contribution in [1.29, 1.82) is 0 Å². The largest absolute Gasteiger partial charge is 0.467 e. The van der Waals surface area contributed by atoms with Crippen LogP contribution in [0.25, 0.3) is 0 Å². The summed E-state index contributed by atoms with van der Waals surface area (Å²) in [5.41, 5.74) is 0.860. The Morgan fingerprint density at radius 3 is 2.63 bits per heavy atom. The van der Waals surface area contributed by atoms with Crippen LogP contribution >= 0.6 is 0 Å². The SMILES string of the molecule is COC(=O)[C@@H](NC(=O)[C@H]1CCCN1C(=O)OCc1ccccc1)[C@H]1CCCC(=O)C1. The lowest BCUT2D eigenvalue weighted by atomic mass is 9.83. The van der Waals surface area contributed by atoms with Crippen molar-refractivity contribution in [2.24, 2.45) is 5.92 Å². The van der Waals surface area contributed by atoms with E-state index in [1.54, 1.807) is 0 Å². The highest BCUT2D eigenvalue weighted by Gasteiger charge is 2.39. The summed E-state index contributed by atoms with van der Waals surface area (Å²) in [6, 6.07) is 7.70. The van der Waals surface area contributed by atoms with E-state index >= 15 is 0 Å². The van der Waals surface area contributed by atoms with Gasteiger partial charge in [-0.3, -0.25) is 14.5 Å². The van der Waals surface area contributed by atoms with Crippen LogP contribution < -0.4 is 5.32 Å². The first kappa shape index (κ1) is 21.8. The molecule has 2 fully saturated rings. The first-order valence-corrected chi connectivity index (χ1v) is 10.4. The summed E-state index contributed by atoms with van der Waals surface area (Å²) in [5, 5.41) is 2.74. The lowest BCUT2D eigenvalue weighted by Crippen LogP contribution is -2.54. The zero-order chi connectivity index (χ0) is 21.5. The lowest BCUT2D eigenvalue weighted by Gasteiger charge is -2.30. The van der Waals surface area contributed by atoms with Crippen LogP contribution in [0.15, 0.2) is 30.3 Å². The van der Waals surface area contributed by atoms with Crippen molar-refractivity contribution in [3.8, 4) is 0 Å². The molecule has 2 aliphatic rings. The molecule has 1 saturated heterocycles. The van der Waals surface area contributed by atoms with E-state index < -0.39 is 30.1 Å². The van der Waals surface area contributed by atoms with Crippen LogP contribution in [0.5, 0.6) is 0 Å². The molecule has 1 heterocycles. The van der Waals surface area contributed by atoms with Crippen LogP contribution in [-0.2, 0) is 30.5 Å². The van der Waals surface area contributed by atoms with Gasteiger partial charge in [0.05, 0.1) is 7.11 Å². The van der Waals surface area contributed by atoms with Gasteiger partial charge in [-0.05, 0) is 37.2 Å². The highest BCUT2D eigenvalue weighted by molar-refractivity contribution is 5.90. The Balaban J connectivity index is 1.62. The van der Waals surface area contributed by atoms with Crippen molar-refractivity contribution in [1.82, 2.24) is 10.2 Å². The molecule has 1 aliphatic carbocycles. The molecule has 3 rings (SSSR count). The molecule has 162 valence electrons. The second-order valence-electron chi connectivity index (χ2n) is 7.80. The molecule has 3 atom stereocenters. The molecule has 8 heteroatoms. The number of nitrogens with one attached hydrogen (secondary N) is 1. The van der Waals surface area contributed by atoms with E-state index in [1.165, 1.54) is 12.0 Å². The van der Waals surface area contributed by atoms with Gasteiger partial charge in [-0.25, -0.2) is 9.59 Å². The predicted molar refractivity (Wildman–Crippen MR) is 107 cm³/mol. The van der Waals surface area contributed by atoms with Crippen molar-refractivity contribution < 1.29 is 28.7 Å². The quantitative estimate of drug-likeness (QED) is 0.714. The van der Waals surface area contributed by atoms with E-state index in [1.807, 2.05) is 30.3 Å². The number of hydrogen-bond acceptors (Lipinski definition) is 6. The Morgan fingerprint density at radius 1 is 1.17 bits per heavy atom. The minimum atomic E-state index is -0.894. The predicted octanol–water partition coefficient (Wildman–Crippen LogP) is 2.20. The second-order valence-corrected chi connectivity index (χ2v) is 7.80. The molecule has 1 aliphatic heterocycles. The summed E-state index contributed by atoms with van der Waals surface area (Å²) >= 11 is 0. The number of Topliss-reactive ketones (excluding diaryl/α,β-unsaturated/α-hetero) is 1. The van der Waals surface area contributed by atoms with Crippen molar-refractivity contribution in [2.75, 3.05) is 13.7 Å². The Kier molecular flexibility index (Phi) is 7.43. The summed E-state index contributed by atoms with van der Waals surface area (Å²) in [5.74, 6) is -1.19. The minimum Gasteiger partial charge on any atom is -0.467 e. The number of esters is 1. The minimum absolute atomic E-state index is 0.0846. The van der Waals surface area contributed by atoms with Crippen LogP contribution in [0.2, 0.25) is 0 Å². The fraction of sp³-hybridized carbons (Fsp3) is 0.545. The van der Waals surface area contributed by atoms with Gasteiger partial charge in [-0.1, -0.05) is 30.3 Å². The number of carbonyl (C=O) groups excluding carboxylic acids is 4. The average molecular weight is 416 g/mol. The van der Waals surface area contributed by atoms with Crippen molar-refractivity contribution >= 4 is 23.8 Å².